The first-order chi connectivity index (χ1) is 8.10. The topological polar surface area (TPSA) is 33.4 Å². The highest BCUT2D eigenvalue weighted by molar-refractivity contribution is 5.78. The number of rotatable bonds is 4. The molecule has 1 N–H and O–H groups in total. The Labute approximate surface area is 102 Å². The summed E-state index contributed by atoms with van der Waals surface area (Å²) in [6.07, 6.45) is 0.862. The summed E-state index contributed by atoms with van der Waals surface area (Å²) in [7, 11) is 0. The van der Waals surface area contributed by atoms with Gasteiger partial charge in [0.05, 0.1) is 0 Å². The lowest BCUT2D eigenvalue weighted by atomic mass is 10.1. The fourth-order valence-electron chi connectivity index (χ4n) is 1.87. The van der Waals surface area contributed by atoms with Gasteiger partial charge in [0, 0.05) is 11.8 Å². The second kappa shape index (κ2) is 4.76. The first-order valence-electron chi connectivity index (χ1n) is 5.95. The van der Waals surface area contributed by atoms with Gasteiger partial charge in [-0.05, 0) is 31.5 Å². The van der Waals surface area contributed by atoms with E-state index in [1.165, 1.54) is 5.56 Å². The second-order valence-corrected chi connectivity index (χ2v) is 4.51. The quantitative estimate of drug-likeness (QED) is 0.801. The summed E-state index contributed by atoms with van der Waals surface area (Å²) in [5.41, 5.74) is 3.05. The molecule has 0 saturated carbocycles. The van der Waals surface area contributed by atoms with Crippen molar-refractivity contribution in [3.63, 3.8) is 0 Å². The van der Waals surface area contributed by atoms with Crippen LogP contribution < -0.4 is 0 Å². The molecule has 1 aromatic heterocycles. The number of hydrogen-bond donors (Lipinski definition) is 1. The van der Waals surface area contributed by atoms with Gasteiger partial charge >= 0.3 is 0 Å². The number of benzene rings is 1. The first kappa shape index (κ1) is 11.9. The second-order valence-electron chi connectivity index (χ2n) is 4.51. The minimum Gasteiger partial charge on any atom is -0.458 e. The Kier molecular flexibility index (Phi) is 3.34. The standard InChI is InChI=1S/C15H18O2/c1-4-10(2)8-13(16)15-9-12-7-11(3)5-6-14(12)17-15/h5-7,9,13,16H,2,4,8H2,1,3H3. The number of aryl methyl sites for hydroxylation is 1. The molecule has 1 unspecified atom stereocenters. The highest BCUT2D eigenvalue weighted by Gasteiger charge is 2.14. The third kappa shape index (κ3) is 2.59. The van der Waals surface area contributed by atoms with Gasteiger partial charge in [-0.3, -0.25) is 0 Å². The summed E-state index contributed by atoms with van der Waals surface area (Å²) in [6, 6.07) is 7.92. The van der Waals surface area contributed by atoms with Crippen molar-refractivity contribution in [2.45, 2.75) is 32.8 Å². The average molecular weight is 230 g/mol. The number of aliphatic hydroxyl groups excluding tert-OH is 1. The lowest BCUT2D eigenvalue weighted by Crippen LogP contribution is -1.96. The Bertz CT molecular complexity index is 537. The lowest BCUT2D eigenvalue weighted by Gasteiger charge is -2.07. The molecule has 2 nitrogen and oxygen atoms in total. The maximum atomic E-state index is 10.0. The van der Waals surface area contributed by atoms with Crippen LogP contribution in [0.5, 0.6) is 0 Å². The highest BCUT2D eigenvalue weighted by Crippen LogP contribution is 2.28. The number of fused-ring (bicyclic) bond motifs is 1. The van der Waals surface area contributed by atoms with Gasteiger partial charge in [-0.1, -0.05) is 30.7 Å². The monoisotopic (exact) mass is 230 g/mol. The maximum absolute atomic E-state index is 10.0. The molecule has 2 aromatic rings. The van der Waals surface area contributed by atoms with Gasteiger partial charge in [0.25, 0.3) is 0 Å². The molecule has 17 heavy (non-hydrogen) atoms. The summed E-state index contributed by atoms with van der Waals surface area (Å²) in [4.78, 5) is 0. The van der Waals surface area contributed by atoms with E-state index in [4.69, 9.17) is 4.42 Å². The van der Waals surface area contributed by atoms with E-state index in [-0.39, 0.29) is 0 Å². The van der Waals surface area contributed by atoms with Gasteiger partial charge in [-0.2, -0.15) is 0 Å². The van der Waals surface area contributed by atoms with E-state index in [1.54, 1.807) is 0 Å². The molecule has 0 saturated heterocycles. The van der Waals surface area contributed by atoms with Crippen molar-refractivity contribution in [1.82, 2.24) is 0 Å². The van der Waals surface area contributed by atoms with Crippen LogP contribution in [-0.2, 0) is 0 Å². The van der Waals surface area contributed by atoms with Gasteiger partial charge in [0.15, 0.2) is 0 Å². The van der Waals surface area contributed by atoms with Gasteiger partial charge in [0.2, 0.25) is 0 Å². The molecule has 1 atom stereocenters. The summed E-state index contributed by atoms with van der Waals surface area (Å²) in [5, 5.41) is 11.1. The molecule has 0 spiro atoms. The van der Waals surface area contributed by atoms with E-state index in [9.17, 15) is 5.11 Å². The van der Waals surface area contributed by atoms with Crippen LogP contribution in [0.2, 0.25) is 0 Å². The zero-order chi connectivity index (χ0) is 12.4. The molecule has 0 bridgehead atoms. The van der Waals surface area contributed by atoms with Crippen molar-refractivity contribution in [3.05, 3.63) is 47.7 Å². The first-order valence-corrected chi connectivity index (χ1v) is 5.95. The summed E-state index contributed by atoms with van der Waals surface area (Å²) >= 11 is 0. The van der Waals surface area contributed by atoms with E-state index in [0.717, 1.165) is 23.0 Å². The van der Waals surface area contributed by atoms with Gasteiger partial charge in [0.1, 0.15) is 17.4 Å². The summed E-state index contributed by atoms with van der Waals surface area (Å²) < 4.78 is 5.64. The Morgan fingerprint density at radius 1 is 1.41 bits per heavy atom. The van der Waals surface area contributed by atoms with E-state index in [2.05, 4.69) is 12.6 Å². The van der Waals surface area contributed by atoms with Gasteiger partial charge < -0.3 is 9.52 Å². The maximum Gasteiger partial charge on any atom is 0.134 e. The van der Waals surface area contributed by atoms with E-state index in [1.807, 2.05) is 32.0 Å². The molecule has 2 heteroatoms. The van der Waals surface area contributed by atoms with Crippen LogP contribution in [0, 0.1) is 6.92 Å². The van der Waals surface area contributed by atoms with E-state index in [0.29, 0.717) is 12.2 Å². The molecule has 0 aliphatic heterocycles. The highest BCUT2D eigenvalue weighted by atomic mass is 16.4. The molecule has 0 aliphatic carbocycles. The fraction of sp³-hybridized carbons (Fsp3) is 0.333. The van der Waals surface area contributed by atoms with Crippen LogP contribution in [0.15, 0.2) is 40.8 Å². The fourth-order valence-corrected chi connectivity index (χ4v) is 1.87. The average Bonchev–Trinajstić information content (AvgIpc) is 2.71. The molecule has 0 radical (unpaired) electrons. The number of hydrogen-bond acceptors (Lipinski definition) is 2. The van der Waals surface area contributed by atoms with Crippen molar-refractivity contribution in [2.24, 2.45) is 0 Å². The molecule has 1 heterocycles. The zero-order valence-electron chi connectivity index (χ0n) is 10.4. The minimum atomic E-state index is -0.588. The van der Waals surface area contributed by atoms with Crippen molar-refractivity contribution in [2.75, 3.05) is 0 Å². The molecule has 1 aromatic carbocycles. The normalized spacial score (nSPS) is 12.9. The summed E-state index contributed by atoms with van der Waals surface area (Å²) in [6.45, 7) is 7.99. The Morgan fingerprint density at radius 2 is 2.18 bits per heavy atom. The molecule has 2 rings (SSSR count). The minimum absolute atomic E-state index is 0.565. The van der Waals surface area contributed by atoms with Gasteiger partial charge in [-0.25, -0.2) is 0 Å². The Hall–Kier alpha value is -1.54. The van der Waals surface area contributed by atoms with Crippen molar-refractivity contribution >= 4 is 11.0 Å². The van der Waals surface area contributed by atoms with Crippen molar-refractivity contribution < 1.29 is 9.52 Å². The predicted molar refractivity (Wildman–Crippen MR) is 70.0 cm³/mol. The van der Waals surface area contributed by atoms with Crippen molar-refractivity contribution in [1.29, 1.82) is 0 Å². The summed E-state index contributed by atoms with van der Waals surface area (Å²) in [5.74, 6) is 0.625. The SMILES string of the molecule is C=C(CC)CC(O)c1cc2cc(C)ccc2o1. The molecule has 0 aliphatic rings. The molecule has 0 amide bonds. The van der Waals surface area contributed by atoms with Crippen LogP contribution >= 0.6 is 0 Å². The molecular weight excluding hydrogens is 212 g/mol. The molecule has 0 fully saturated rings. The van der Waals surface area contributed by atoms with Gasteiger partial charge in [-0.15, -0.1) is 0 Å². The number of aliphatic hydroxyl groups is 1. The van der Waals surface area contributed by atoms with Crippen LogP contribution in [0.4, 0.5) is 0 Å². The third-order valence-electron chi connectivity index (χ3n) is 3.00. The van der Waals surface area contributed by atoms with Crippen molar-refractivity contribution in [3.8, 4) is 0 Å². The lowest BCUT2D eigenvalue weighted by molar-refractivity contribution is 0.152. The van der Waals surface area contributed by atoms with E-state index >= 15 is 0 Å². The van der Waals surface area contributed by atoms with E-state index < -0.39 is 6.10 Å². The van der Waals surface area contributed by atoms with Crippen LogP contribution in [0.25, 0.3) is 11.0 Å². The van der Waals surface area contributed by atoms with Crippen LogP contribution in [-0.4, -0.2) is 5.11 Å². The number of furan rings is 1. The Balaban J connectivity index is 2.27. The van der Waals surface area contributed by atoms with Crippen LogP contribution in [0.3, 0.4) is 0 Å². The predicted octanol–water partition coefficient (Wildman–Crippen LogP) is 4.13. The Morgan fingerprint density at radius 3 is 2.88 bits per heavy atom. The van der Waals surface area contributed by atoms with Crippen LogP contribution in [0.1, 0.15) is 37.2 Å². The zero-order valence-corrected chi connectivity index (χ0v) is 10.4. The smallest absolute Gasteiger partial charge is 0.134 e. The molecule has 90 valence electrons. The molecular formula is C15H18O2. The third-order valence-corrected chi connectivity index (χ3v) is 3.00. The largest absolute Gasteiger partial charge is 0.458 e.